The van der Waals surface area contributed by atoms with Gasteiger partial charge in [0, 0.05) is 17.1 Å². The predicted molar refractivity (Wildman–Crippen MR) is 134 cm³/mol. The lowest BCUT2D eigenvalue weighted by atomic mass is 9.96. The average molecular weight is 406 g/mol. The lowest BCUT2D eigenvalue weighted by molar-refractivity contribution is 1.13. The number of rotatable bonds is 5. The lowest BCUT2D eigenvalue weighted by Gasteiger charge is -2.28. The number of benzene rings is 4. The number of hydrogen-bond acceptors (Lipinski definition) is 1. The van der Waals surface area contributed by atoms with E-state index >= 15 is 0 Å². The Kier molecular flexibility index (Phi) is 5.95. The van der Waals surface area contributed by atoms with Gasteiger partial charge in [-0.25, -0.2) is 0 Å². The first kappa shape index (κ1) is 20.9. The molecule has 0 aromatic heterocycles. The highest BCUT2D eigenvalue weighted by molar-refractivity contribution is 5.79. The van der Waals surface area contributed by atoms with Gasteiger partial charge in [0.25, 0.3) is 0 Å². The van der Waals surface area contributed by atoms with E-state index in [2.05, 4.69) is 124 Å². The van der Waals surface area contributed by atoms with Crippen LogP contribution in [0.4, 0.5) is 17.1 Å². The Hall–Kier alpha value is -3.32. The second-order valence-corrected chi connectivity index (χ2v) is 8.74. The van der Waals surface area contributed by atoms with Gasteiger partial charge in [-0.1, -0.05) is 60.2 Å². The smallest absolute Gasteiger partial charge is 0.0493 e. The van der Waals surface area contributed by atoms with Gasteiger partial charge in [-0.2, -0.15) is 0 Å². The van der Waals surface area contributed by atoms with Gasteiger partial charge < -0.3 is 4.90 Å². The molecule has 1 heteroatoms. The monoisotopic (exact) mass is 405 g/mol. The first-order valence-corrected chi connectivity index (χ1v) is 11.0. The average Bonchev–Trinajstić information content (AvgIpc) is 2.72. The molecule has 0 aliphatic heterocycles. The molecule has 0 unspecified atom stereocenters. The maximum Gasteiger partial charge on any atom is 0.0493 e. The highest BCUT2D eigenvalue weighted by Gasteiger charge is 2.16. The molecule has 1 nitrogen and oxygen atoms in total. The SMILES string of the molecule is Cc1cccc(Cc2cc(C)c(N(c3cccc(C)c3)c3cccc(C)c3)cc2C)c1. The summed E-state index contributed by atoms with van der Waals surface area (Å²) in [6, 6.07) is 31.0. The molecule has 0 atom stereocenters. The van der Waals surface area contributed by atoms with Crippen LogP contribution in [0.1, 0.15) is 38.9 Å². The van der Waals surface area contributed by atoms with E-state index in [9.17, 15) is 0 Å². The molecular weight excluding hydrogens is 374 g/mol. The van der Waals surface area contributed by atoms with Crippen molar-refractivity contribution in [1.82, 2.24) is 0 Å². The molecule has 4 rings (SSSR count). The molecule has 0 amide bonds. The Balaban J connectivity index is 1.81. The van der Waals surface area contributed by atoms with E-state index in [-0.39, 0.29) is 0 Å². The van der Waals surface area contributed by atoms with Crippen LogP contribution >= 0.6 is 0 Å². The Morgan fingerprint density at radius 3 is 1.65 bits per heavy atom. The third-order valence-corrected chi connectivity index (χ3v) is 5.89. The van der Waals surface area contributed by atoms with Crippen LogP contribution in [0, 0.1) is 34.6 Å². The lowest BCUT2D eigenvalue weighted by Crippen LogP contribution is -2.12. The number of anilines is 3. The van der Waals surface area contributed by atoms with E-state index in [1.54, 1.807) is 0 Å². The van der Waals surface area contributed by atoms with Crippen molar-refractivity contribution in [2.45, 2.75) is 41.0 Å². The molecule has 0 N–H and O–H groups in total. The maximum absolute atomic E-state index is 2.39. The summed E-state index contributed by atoms with van der Waals surface area (Å²) < 4.78 is 0. The molecule has 0 spiro atoms. The Morgan fingerprint density at radius 1 is 0.548 bits per heavy atom. The fourth-order valence-corrected chi connectivity index (χ4v) is 4.30. The summed E-state index contributed by atoms with van der Waals surface area (Å²) in [7, 11) is 0. The predicted octanol–water partition coefficient (Wildman–Crippen LogP) is 8.29. The molecule has 0 saturated carbocycles. The zero-order valence-electron chi connectivity index (χ0n) is 19.2. The quantitative estimate of drug-likeness (QED) is 0.323. The van der Waals surface area contributed by atoms with Crippen LogP contribution in [-0.4, -0.2) is 0 Å². The second-order valence-electron chi connectivity index (χ2n) is 8.74. The standard InChI is InChI=1S/C30H31N/c1-21-9-6-12-26(15-21)20-27-18-25(5)30(19-24(27)4)31(28-13-7-10-22(2)16-28)29-14-8-11-23(3)17-29/h6-19H,20H2,1-5H3. The van der Waals surface area contributed by atoms with Gasteiger partial charge >= 0.3 is 0 Å². The van der Waals surface area contributed by atoms with E-state index in [0.717, 1.165) is 6.42 Å². The number of hydrogen-bond donors (Lipinski definition) is 0. The van der Waals surface area contributed by atoms with Crippen LogP contribution in [0.2, 0.25) is 0 Å². The first-order valence-electron chi connectivity index (χ1n) is 11.0. The molecule has 0 heterocycles. The van der Waals surface area contributed by atoms with Crippen molar-refractivity contribution in [1.29, 1.82) is 0 Å². The van der Waals surface area contributed by atoms with Gasteiger partial charge in [-0.3, -0.25) is 0 Å². The first-order chi connectivity index (χ1) is 14.9. The van der Waals surface area contributed by atoms with E-state index in [4.69, 9.17) is 0 Å². The van der Waals surface area contributed by atoms with Crippen LogP contribution in [0.25, 0.3) is 0 Å². The molecule has 0 radical (unpaired) electrons. The van der Waals surface area contributed by atoms with Crippen molar-refractivity contribution in [2.75, 3.05) is 4.90 Å². The van der Waals surface area contributed by atoms with E-state index in [1.165, 1.54) is 56.0 Å². The van der Waals surface area contributed by atoms with Gasteiger partial charge in [0.05, 0.1) is 0 Å². The molecular formula is C30H31N. The molecule has 0 saturated heterocycles. The normalized spacial score (nSPS) is 10.9. The van der Waals surface area contributed by atoms with Crippen LogP contribution in [0.5, 0.6) is 0 Å². The summed E-state index contributed by atoms with van der Waals surface area (Å²) in [6.07, 6.45) is 0.962. The summed E-state index contributed by atoms with van der Waals surface area (Å²) >= 11 is 0. The molecule has 0 aliphatic rings. The highest BCUT2D eigenvalue weighted by atomic mass is 15.1. The van der Waals surface area contributed by atoms with Crippen molar-refractivity contribution >= 4 is 17.1 Å². The van der Waals surface area contributed by atoms with Crippen LogP contribution in [0.3, 0.4) is 0 Å². The van der Waals surface area contributed by atoms with Crippen molar-refractivity contribution in [3.8, 4) is 0 Å². The van der Waals surface area contributed by atoms with Gasteiger partial charge in [0.1, 0.15) is 0 Å². The minimum absolute atomic E-state index is 0.962. The number of aryl methyl sites for hydroxylation is 5. The summed E-state index contributed by atoms with van der Waals surface area (Å²) in [5.74, 6) is 0. The second kappa shape index (κ2) is 8.81. The maximum atomic E-state index is 2.39. The van der Waals surface area contributed by atoms with Crippen molar-refractivity contribution in [2.24, 2.45) is 0 Å². The fraction of sp³-hybridized carbons (Fsp3) is 0.200. The Labute approximate surface area is 187 Å². The van der Waals surface area contributed by atoms with Crippen LogP contribution in [0.15, 0.2) is 84.9 Å². The van der Waals surface area contributed by atoms with Gasteiger partial charge in [0.2, 0.25) is 0 Å². The Bertz CT molecular complexity index is 1170. The third-order valence-electron chi connectivity index (χ3n) is 5.89. The van der Waals surface area contributed by atoms with E-state index < -0.39 is 0 Å². The zero-order valence-corrected chi connectivity index (χ0v) is 19.2. The minimum Gasteiger partial charge on any atom is -0.310 e. The molecule has 0 aliphatic carbocycles. The van der Waals surface area contributed by atoms with E-state index in [0.29, 0.717) is 0 Å². The fourth-order valence-electron chi connectivity index (χ4n) is 4.30. The van der Waals surface area contributed by atoms with Gasteiger partial charge in [0.15, 0.2) is 0 Å². The van der Waals surface area contributed by atoms with Gasteiger partial charge in [-0.05, 0) is 105 Å². The third kappa shape index (κ3) is 4.72. The van der Waals surface area contributed by atoms with Crippen LogP contribution < -0.4 is 4.90 Å². The minimum atomic E-state index is 0.962. The van der Waals surface area contributed by atoms with Crippen molar-refractivity contribution < 1.29 is 0 Å². The number of nitrogens with zero attached hydrogens (tertiary/aromatic N) is 1. The molecule has 4 aromatic carbocycles. The van der Waals surface area contributed by atoms with Gasteiger partial charge in [-0.15, -0.1) is 0 Å². The highest BCUT2D eigenvalue weighted by Crippen LogP contribution is 2.38. The summed E-state index contributed by atoms with van der Waals surface area (Å²) in [5.41, 5.74) is 12.8. The van der Waals surface area contributed by atoms with Crippen LogP contribution in [-0.2, 0) is 6.42 Å². The summed E-state index contributed by atoms with van der Waals surface area (Å²) in [5, 5.41) is 0. The largest absolute Gasteiger partial charge is 0.310 e. The van der Waals surface area contributed by atoms with Crippen molar-refractivity contribution in [3.05, 3.63) is 124 Å². The zero-order chi connectivity index (χ0) is 22.0. The molecule has 4 aromatic rings. The topological polar surface area (TPSA) is 3.24 Å². The summed E-state index contributed by atoms with van der Waals surface area (Å²) in [6.45, 7) is 10.9. The Morgan fingerprint density at radius 2 is 1.10 bits per heavy atom. The molecule has 0 bridgehead atoms. The van der Waals surface area contributed by atoms with E-state index in [1.807, 2.05) is 0 Å². The van der Waals surface area contributed by atoms with Crippen molar-refractivity contribution in [3.63, 3.8) is 0 Å². The summed E-state index contributed by atoms with van der Waals surface area (Å²) in [4.78, 5) is 2.39. The molecule has 0 fully saturated rings. The molecule has 156 valence electrons. The molecule has 31 heavy (non-hydrogen) atoms.